The smallest absolute Gasteiger partial charge is 0.262 e. The molecule has 2 aliphatic heterocycles. The van der Waals surface area contributed by atoms with Gasteiger partial charge in [0.1, 0.15) is 5.65 Å². The van der Waals surface area contributed by atoms with E-state index in [2.05, 4.69) is 20.9 Å². The first-order chi connectivity index (χ1) is 24.8. The molecule has 5 aromatic rings. The number of nitrogens with one attached hydrogen (secondary N) is 3. The zero-order valence-electron chi connectivity index (χ0n) is 28.0. The van der Waals surface area contributed by atoms with E-state index in [1.54, 1.807) is 19.5 Å². The summed E-state index contributed by atoms with van der Waals surface area (Å²) in [5, 5.41) is 20.8. The molecular formula is C38H38Cl2N6O5. The van der Waals surface area contributed by atoms with Crippen LogP contribution in [0.5, 0.6) is 5.88 Å². The minimum absolute atomic E-state index is 0.0916. The fraction of sp³-hybridized carbons (Fsp3) is 0.316. The number of carbonyl (C=O) groups excluding carboxylic acids is 1. The summed E-state index contributed by atoms with van der Waals surface area (Å²) in [4.78, 5) is 34.2. The number of fused-ring (bicyclic) bond motifs is 1. The van der Waals surface area contributed by atoms with Gasteiger partial charge in [-0.1, -0.05) is 65.7 Å². The van der Waals surface area contributed by atoms with Crippen molar-refractivity contribution in [2.75, 3.05) is 26.9 Å². The van der Waals surface area contributed by atoms with Gasteiger partial charge in [0.15, 0.2) is 0 Å². The van der Waals surface area contributed by atoms with Crippen LogP contribution in [0, 0.1) is 0 Å². The molecule has 51 heavy (non-hydrogen) atoms. The van der Waals surface area contributed by atoms with Gasteiger partial charge in [-0.3, -0.25) is 14.0 Å². The summed E-state index contributed by atoms with van der Waals surface area (Å²) in [5.41, 5.74) is 6.13. The minimum atomic E-state index is -0.616. The standard InChI is InChI=1S/C38H38Cl2N6O5/c1-50-37-23(17-41-20-25-9-11-34(48)44-25)8-10-30(45-37)29-7-3-6-28(36(29)40)27-5-2-4-26(35(27)39)22-12-14-46-33(16-22)43-19-24(38(46)49)18-42-31-13-15-51-21-32(31)47/h2-8,10,12,14,16,19,25,31-32,41-42,47H,9,11,13,15,17-18,20-21H2,1H3,(H,44,48)/t25?,31-,32+/m0/s1. The maximum absolute atomic E-state index is 13.3. The largest absolute Gasteiger partial charge is 0.481 e. The Balaban J connectivity index is 1.12. The zero-order chi connectivity index (χ0) is 35.5. The van der Waals surface area contributed by atoms with Crippen LogP contribution in [0.4, 0.5) is 0 Å². The average Bonchev–Trinajstić information content (AvgIpc) is 3.57. The van der Waals surface area contributed by atoms with Crippen LogP contribution in [0.3, 0.4) is 0 Å². The highest BCUT2D eigenvalue weighted by atomic mass is 35.5. The number of hydrogen-bond acceptors (Lipinski definition) is 9. The summed E-state index contributed by atoms with van der Waals surface area (Å²) < 4.78 is 12.5. The van der Waals surface area contributed by atoms with Crippen LogP contribution in [0.2, 0.25) is 10.0 Å². The normalized spacial score (nSPS) is 19.0. The third-order valence-electron chi connectivity index (χ3n) is 9.46. The van der Waals surface area contributed by atoms with Crippen LogP contribution in [-0.4, -0.2) is 70.4 Å². The summed E-state index contributed by atoms with van der Waals surface area (Å²) in [7, 11) is 1.59. The molecule has 0 spiro atoms. The highest BCUT2D eigenvalue weighted by Crippen LogP contribution is 2.42. The monoisotopic (exact) mass is 728 g/mol. The average molecular weight is 730 g/mol. The van der Waals surface area contributed by atoms with Gasteiger partial charge in [0.05, 0.1) is 41.1 Å². The topological polar surface area (TPSA) is 139 Å². The lowest BCUT2D eigenvalue weighted by Crippen LogP contribution is -2.46. The SMILES string of the molecule is COc1nc(-c2cccc(-c3cccc(-c4ccn5c(=O)c(CN[C@H]6CCOC[C@H]6O)cnc5c4)c3Cl)c2Cl)ccc1CNCC1CCC(=O)N1. The van der Waals surface area contributed by atoms with Crippen molar-refractivity contribution < 1.29 is 19.4 Å². The first-order valence-corrected chi connectivity index (χ1v) is 17.7. The van der Waals surface area contributed by atoms with Crippen LogP contribution < -0.4 is 26.2 Å². The number of rotatable bonds is 11. The Morgan fingerprint density at radius 1 is 0.980 bits per heavy atom. The number of amides is 1. The molecule has 11 nitrogen and oxygen atoms in total. The molecule has 0 bridgehead atoms. The lowest BCUT2D eigenvalue weighted by molar-refractivity contribution is -0.119. The van der Waals surface area contributed by atoms with Crippen molar-refractivity contribution in [1.29, 1.82) is 0 Å². The quantitative estimate of drug-likeness (QED) is 0.148. The Morgan fingerprint density at radius 2 is 1.75 bits per heavy atom. The first-order valence-electron chi connectivity index (χ1n) is 16.9. The third kappa shape index (κ3) is 7.50. The molecule has 2 saturated heterocycles. The fourth-order valence-corrected chi connectivity index (χ4v) is 7.31. The van der Waals surface area contributed by atoms with E-state index in [1.807, 2.05) is 60.7 Å². The van der Waals surface area contributed by atoms with Crippen LogP contribution in [-0.2, 0) is 22.6 Å². The number of carbonyl (C=O) groups is 1. The summed E-state index contributed by atoms with van der Waals surface area (Å²) in [5.74, 6) is 0.580. The number of aromatic nitrogens is 3. The predicted octanol–water partition coefficient (Wildman–Crippen LogP) is 5.01. The van der Waals surface area contributed by atoms with Crippen molar-refractivity contribution in [2.24, 2.45) is 0 Å². The second-order valence-electron chi connectivity index (χ2n) is 12.8. The van der Waals surface area contributed by atoms with E-state index in [0.29, 0.717) is 65.4 Å². The van der Waals surface area contributed by atoms with E-state index < -0.39 is 6.10 Å². The van der Waals surface area contributed by atoms with Gasteiger partial charge in [-0.05, 0) is 36.6 Å². The maximum atomic E-state index is 13.3. The van der Waals surface area contributed by atoms with E-state index in [1.165, 1.54) is 4.40 Å². The van der Waals surface area contributed by atoms with Gasteiger partial charge in [-0.2, -0.15) is 0 Å². The number of halogens is 2. The Kier molecular flexibility index (Phi) is 10.6. The molecule has 3 atom stereocenters. The lowest BCUT2D eigenvalue weighted by Gasteiger charge is -2.28. The molecule has 1 unspecified atom stereocenters. The number of benzene rings is 2. The van der Waals surface area contributed by atoms with Gasteiger partial charge in [-0.25, -0.2) is 9.97 Å². The third-order valence-corrected chi connectivity index (χ3v) is 10.3. The highest BCUT2D eigenvalue weighted by molar-refractivity contribution is 6.39. The van der Waals surface area contributed by atoms with E-state index in [4.69, 9.17) is 37.7 Å². The Morgan fingerprint density at radius 3 is 2.49 bits per heavy atom. The molecule has 13 heteroatoms. The number of methoxy groups -OCH3 is 1. The second-order valence-corrected chi connectivity index (χ2v) is 13.5. The van der Waals surface area contributed by atoms with E-state index in [0.717, 1.165) is 39.8 Å². The highest BCUT2D eigenvalue weighted by Gasteiger charge is 2.24. The molecule has 2 aliphatic rings. The number of aliphatic hydroxyl groups excluding tert-OH is 1. The summed E-state index contributed by atoms with van der Waals surface area (Å²) >= 11 is 14.2. The molecule has 0 radical (unpaired) electrons. The predicted molar refractivity (Wildman–Crippen MR) is 197 cm³/mol. The van der Waals surface area contributed by atoms with Crippen molar-refractivity contribution in [3.8, 4) is 39.4 Å². The Hall–Kier alpha value is -4.36. The molecular weight excluding hydrogens is 691 g/mol. The zero-order valence-corrected chi connectivity index (χ0v) is 29.5. The van der Waals surface area contributed by atoms with Gasteiger partial charge < -0.3 is 30.5 Å². The number of hydrogen-bond donors (Lipinski definition) is 4. The number of pyridine rings is 2. The number of aliphatic hydroxyl groups is 1. The Labute approximate surface area is 305 Å². The van der Waals surface area contributed by atoms with Gasteiger partial charge in [0, 0.05) is 85.0 Å². The maximum Gasteiger partial charge on any atom is 0.262 e. The van der Waals surface area contributed by atoms with Crippen molar-refractivity contribution in [3.63, 3.8) is 0 Å². The molecule has 4 N–H and O–H groups in total. The molecule has 0 aliphatic carbocycles. The van der Waals surface area contributed by atoms with E-state index >= 15 is 0 Å². The van der Waals surface area contributed by atoms with E-state index in [-0.39, 0.29) is 36.7 Å². The number of nitrogens with zero attached hydrogens (tertiary/aromatic N) is 3. The van der Waals surface area contributed by atoms with Crippen LogP contribution >= 0.6 is 23.2 Å². The van der Waals surface area contributed by atoms with E-state index in [9.17, 15) is 14.7 Å². The van der Waals surface area contributed by atoms with Gasteiger partial charge >= 0.3 is 0 Å². The summed E-state index contributed by atoms with van der Waals surface area (Å²) in [6.07, 6.45) is 4.72. The second kappa shape index (κ2) is 15.5. The van der Waals surface area contributed by atoms with Gasteiger partial charge in [0.25, 0.3) is 5.56 Å². The Bertz CT molecular complexity index is 2140. The molecule has 7 rings (SSSR count). The van der Waals surface area contributed by atoms with Crippen molar-refractivity contribution >= 4 is 34.8 Å². The molecule has 1 amide bonds. The van der Waals surface area contributed by atoms with Gasteiger partial charge in [-0.15, -0.1) is 0 Å². The molecule has 5 heterocycles. The van der Waals surface area contributed by atoms with Crippen LogP contribution in [0.1, 0.15) is 30.4 Å². The molecule has 264 valence electrons. The first kappa shape index (κ1) is 35.1. The summed E-state index contributed by atoms with van der Waals surface area (Å²) in [6.45, 7) is 2.34. The lowest BCUT2D eigenvalue weighted by atomic mass is 9.97. The van der Waals surface area contributed by atoms with Crippen LogP contribution in [0.15, 0.2) is 77.9 Å². The molecule has 0 saturated carbocycles. The van der Waals surface area contributed by atoms with Crippen molar-refractivity contribution in [2.45, 2.75) is 50.5 Å². The van der Waals surface area contributed by atoms with Crippen molar-refractivity contribution in [3.05, 3.63) is 105 Å². The van der Waals surface area contributed by atoms with Gasteiger partial charge in [0.2, 0.25) is 11.8 Å². The minimum Gasteiger partial charge on any atom is -0.481 e. The molecule has 2 aromatic carbocycles. The van der Waals surface area contributed by atoms with Crippen molar-refractivity contribution in [1.82, 2.24) is 30.3 Å². The fourth-order valence-electron chi connectivity index (χ4n) is 6.65. The number of ether oxygens (including phenoxy) is 2. The van der Waals surface area contributed by atoms with Crippen LogP contribution in [0.25, 0.3) is 39.2 Å². The molecule has 2 fully saturated rings. The summed E-state index contributed by atoms with van der Waals surface area (Å²) in [6, 6.07) is 19.1. The molecule has 3 aromatic heterocycles.